The number of likely N-dealkylation sites (tertiary alicyclic amines) is 2. The lowest BCUT2D eigenvalue weighted by Gasteiger charge is -2.47. The number of hydrogen-bond acceptors (Lipinski definition) is 6. The molecule has 0 saturated carbocycles. The van der Waals surface area contributed by atoms with Crippen LogP contribution in [0.15, 0.2) is 12.4 Å². The number of aromatic nitrogens is 2. The average molecular weight is 378 g/mol. The molecule has 0 spiro atoms. The number of hydrogen-bond donors (Lipinski definition) is 1. The van der Waals surface area contributed by atoms with Crippen LogP contribution in [0.2, 0.25) is 0 Å². The SMILES string of the molecule is CNc1ncc(C(=O)N2CC[C@@H]3[C@@H](CCC(=O)N3CCCSC)C2)cn1. The average Bonchev–Trinajstić information content (AvgIpc) is 2.69. The number of carbonyl (C=O) groups is 2. The summed E-state index contributed by atoms with van der Waals surface area (Å²) in [5.74, 6) is 2.22. The van der Waals surface area contributed by atoms with E-state index in [1.54, 1.807) is 19.4 Å². The summed E-state index contributed by atoms with van der Waals surface area (Å²) in [5.41, 5.74) is 0.520. The molecule has 26 heavy (non-hydrogen) atoms. The highest BCUT2D eigenvalue weighted by atomic mass is 32.2. The van der Waals surface area contributed by atoms with Crippen molar-refractivity contribution in [2.45, 2.75) is 31.7 Å². The van der Waals surface area contributed by atoms with Gasteiger partial charge in [0.2, 0.25) is 11.9 Å². The maximum Gasteiger partial charge on any atom is 0.257 e. The molecule has 2 saturated heterocycles. The monoisotopic (exact) mass is 377 g/mol. The van der Waals surface area contributed by atoms with E-state index in [0.717, 1.165) is 31.6 Å². The van der Waals surface area contributed by atoms with Gasteiger partial charge in [0.1, 0.15) is 0 Å². The molecule has 2 aliphatic rings. The van der Waals surface area contributed by atoms with E-state index in [2.05, 4.69) is 26.4 Å². The normalized spacial score (nSPS) is 22.9. The van der Waals surface area contributed by atoms with Crippen LogP contribution in [0, 0.1) is 5.92 Å². The van der Waals surface area contributed by atoms with Gasteiger partial charge in [-0.2, -0.15) is 11.8 Å². The molecule has 8 heteroatoms. The Morgan fingerprint density at radius 3 is 2.81 bits per heavy atom. The number of carbonyl (C=O) groups excluding carboxylic acids is 2. The maximum absolute atomic E-state index is 12.8. The van der Waals surface area contributed by atoms with Crippen LogP contribution in [0.3, 0.4) is 0 Å². The third-order valence-corrected chi connectivity index (χ3v) is 6.00. The van der Waals surface area contributed by atoms with E-state index < -0.39 is 0 Å². The smallest absolute Gasteiger partial charge is 0.257 e. The van der Waals surface area contributed by atoms with Gasteiger partial charge in [0.15, 0.2) is 0 Å². The summed E-state index contributed by atoms with van der Waals surface area (Å²) in [4.78, 5) is 37.4. The highest BCUT2D eigenvalue weighted by Crippen LogP contribution is 2.32. The third kappa shape index (κ3) is 4.11. The van der Waals surface area contributed by atoms with Crippen molar-refractivity contribution in [2.75, 3.05) is 44.0 Å². The molecule has 0 bridgehead atoms. The molecule has 0 aromatic carbocycles. The first-order chi connectivity index (χ1) is 12.6. The summed E-state index contributed by atoms with van der Waals surface area (Å²) in [6, 6.07) is 0.282. The van der Waals surface area contributed by atoms with Crippen molar-refractivity contribution in [2.24, 2.45) is 5.92 Å². The van der Waals surface area contributed by atoms with E-state index >= 15 is 0 Å². The zero-order valence-electron chi connectivity index (χ0n) is 15.5. The van der Waals surface area contributed by atoms with E-state index in [1.807, 2.05) is 16.7 Å². The van der Waals surface area contributed by atoms with Crippen LogP contribution in [0.5, 0.6) is 0 Å². The minimum Gasteiger partial charge on any atom is -0.357 e. The van der Waals surface area contributed by atoms with Gasteiger partial charge in [0.05, 0.1) is 5.56 Å². The number of anilines is 1. The van der Waals surface area contributed by atoms with E-state index in [0.29, 0.717) is 36.9 Å². The van der Waals surface area contributed by atoms with Crippen molar-refractivity contribution in [1.82, 2.24) is 19.8 Å². The Kier molecular flexibility index (Phi) is 6.34. The molecule has 2 amide bonds. The highest BCUT2D eigenvalue weighted by molar-refractivity contribution is 7.98. The molecule has 0 unspecified atom stereocenters. The molecule has 3 heterocycles. The molecule has 142 valence electrons. The molecule has 0 radical (unpaired) electrons. The largest absolute Gasteiger partial charge is 0.357 e. The molecular formula is C18H27N5O2S. The van der Waals surface area contributed by atoms with Crippen LogP contribution < -0.4 is 5.32 Å². The Labute approximate surface area is 158 Å². The Balaban J connectivity index is 1.63. The van der Waals surface area contributed by atoms with Crippen LogP contribution in [0.25, 0.3) is 0 Å². The number of rotatable bonds is 6. The summed E-state index contributed by atoms with van der Waals surface area (Å²) in [6.45, 7) is 2.23. The zero-order valence-corrected chi connectivity index (χ0v) is 16.3. The topological polar surface area (TPSA) is 78.4 Å². The van der Waals surface area contributed by atoms with E-state index in [1.165, 1.54) is 0 Å². The van der Waals surface area contributed by atoms with Gasteiger partial charge in [-0.3, -0.25) is 9.59 Å². The number of thioether (sulfide) groups is 1. The van der Waals surface area contributed by atoms with Gasteiger partial charge in [-0.25, -0.2) is 9.97 Å². The quantitative estimate of drug-likeness (QED) is 0.761. The lowest BCUT2D eigenvalue weighted by Crippen LogP contribution is -2.57. The van der Waals surface area contributed by atoms with Crippen LogP contribution in [-0.2, 0) is 4.79 Å². The third-order valence-electron chi connectivity index (χ3n) is 5.30. The van der Waals surface area contributed by atoms with Gasteiger partial charge in [0.25, 0.3) is 5.91 Å². The molecule has 1 aromatic heterocycles. The minimum absolute atomic E-state index is 0.0167. The van der Waals surface area contributed by atoms with Crippen molar-refractivity contribution in [3.8, 4) is 0 Å². The van der Waals surface area contributed by atoms with Crippen molar-refractivity contribution in [3.63, 3.8) is 0 Å². The fraction of sp³-hybridized carbons (Fsp3) is 0.667. The summed E-state index contributed by atoms with van der Waals surface area (Å²) in [5, 5.41) is 2.85. The van der Waals surface area contributed by atoms with Crippen molar-refractivity contribution < 1.29 is 9.59 Å². The van der Waals surface area contributed by atoms with Crippen molar-refractivity contribution in [1.29, 1.82) is 0 Å². The molecule has 7 nitrogen and oxygen atoms in total. The second-order valence-corrected chi connectivity index (χ2v) is 7.87. The predicted octanol–water partition coefficient (Wildman–Crippen LogP) is 1.72. The molecular weight excluding hydrogens is 350 g/mol. The fourth-order valence-corrected chi connectivity index (χ4v) is 4.37. The first kappa shape index (κ1) is 18.9. The molecule has 3 rings (SSSR count). The van der Waals surface area contributed by atoms with Crippen LogP contribution in [0.1, 0.15) is 36.0 Å². The van der Waals surface area contributed by atoms with E-state index in [4.69, 9.17) is 0 Å². The molecule has 2 aliphatic heterocycles. The second-order valence-electron chi connectivity index (χ2n) is 6.88. The maximum atomic E-state index is 12.8. The highest BCUT2D eigenvalue weighted by Gasteiger charge is 2.40. The number of nitrogens with one attached hydrogen (secondary N) is 1. The number of amides is 2. The van der Waals surface area contributed by atoms with Crippen LogP contribution >= 0.6 is 11.8 Å². The molecule has 2 atom stereocenters. The van der Waals surface area contributed by atoms with Gasteiger partial charge in [-0.1, -0.05) is 0 Å². The van der Waals surface area contributed by atoms with Crippen molar-refractivity contribution in [3.05, 3.63) is 18.0 Å². The van der Waals surface area contributed by atoms with Crippen molar-refractivity contribution >= 4 is 29.5 Å². The number of nitrogens with zero attached hydrogens (tertiary/aromatic N) is 4. The Hall–Kier alpha value is -1.83. The lowest BCUT2D eigenvalue weighted by molar-refractivity contribution is -0.140. The van der Waals surface area contributed by atoms with E-state index in [9.17, 15) is 9.59 Å². The number of fused-ring (bicyclic) bond motifs is 1. The van der Waals surface area contributed by atoms with Gasteiger partial charge in [-0.05, 0) is 37.2 Å². The van der Waals surface area contributed by atoms with E-state index in [-0.39, 0.29) is 17.9 Å². The van der Waals surface area contributed by atoms with Gasteiger partial charge in [0, 0.05) is 51.5 Å². The Morgan fingerprint density at radius 1 is 1.35 bits per heavy atom. The predicted molar refractivity (Wildman–Crippen MR) is 103 cm³/mol. The summed E-state index contributed by atoms with van der Waals surface area (Å²) in [7, 11) is 1.75. The first-order valence-corrected chi connectivity index (χ1v) is 10.6. The number of piperidine rings is 2. The first-order valence-electron chi connectivity index (χ1n) is 9.21. The molecule has 1 N–H and O–H groups in total. The van der Waals surface area contributed by atoms with Gasteiger partial charge < -0.3 is 15.1 Å². The standard InChI is InChI=1S/C18H27N5O2S/c1-19-18-20-10-14(11-21-18)17(25)22-8-6-15-13(12-22)4-5-16(24)23(15)7-3-9-26-2/h10-11,13,15H,3-9,12H2,1-2H3,(H,19,20,21)/t13-,15+/m0/s1. The Morgan fingerprint density at radius 2 is 2.12 bits per heavy atom. The molecule has 2 fully saturated rings. The zero-order chi connectivity index (χ0) is 18.5. The molecule has 1 aromatic rings. The fourth-order valence-electron chi connectivity index (χ4n) is 3.96. The molecule has 0 aliphatic carbocycles. The summed E-state index contributed by atoms with van der Waals surface area (Å²) < 4.78 is 0. The second kappa shape index (κ2) is 8.70. The Bertz CT molecular complexity index is 639. The van der Waals surface area contributed by atoms with Crippen LogP contribution in [-0.4, -0.2) is 76.3 Å². The minimum atomic E-state index is -0.0167. The summed E-state index contributed by atoms with van der Waals surface area (Å²) >= 11 is 1.82. The van der Waals surface area contributed by atoms with Gasteiger partial charge >= 0.3 is 0 Å². The summed E-state index contributed by atoms with van der Waals surface area (Å²) in [6.07, 6.45) is 8.62. The lowest BCUT2D eigenvalue weighted by atomic mass is 9.83. The van der Waals surface area contributed by atoms with Crippen LogP contribution in [0.4, 0.5) is 5.95 Å². The van der Waals surface area contributed by atoms with Gasteiger partial charge in [-0.15, -0.1) is 0 Å².